The number of methoxy groups -OCH3 is 1. The average molecular weight is 379 g/mol. The van der Waals surface area contributed by atoms with E-state index in [0.29, 0.717) is 23.6 Å². The molecule has 0 aromatic heterocycles. The average Bonchev–Trinajstić information content (AvgIpc) is 2.91. The monoisotopic (exact) mass is 379 g/mol. The summed E-state index contributed by atoms with van der Waals surface area (Å²) in [5.74, 6) is 0.246. The van der Waals surface area contributed by atoms with Gasteiger partial charge in [-0.2, -0.15) is 0 Å². The molecule has 0 bridgehead atoms. The lowest BCUT2D eigenvalue weighted by atomic mass is 10.1. The van der Waals surface area contributed by atoms with Crippen LogP contribution in [0.3, 0.4) is 0 Å². The number of benzene rings is 2. The van der Waals surface area contributed by atoms with Crippen LogP contribution in [0.4, 0.5) is 0 Å². The van der Waals surface area contributed by atoms with Gasteiger partial charge < -0.3 is 15.0 Å². The van der Waals surface area contributed by atoms with Crippen molar-refractivity contribution in [3.63, 3.8) is 0 Å². The number of amides is 2. The zero-order valence-electron chi connectivity index (χ0n) is 16.7. The Morgan fingerprint density at radius 2 is 1.75 bits per heavy atom. The van der Waals surface area contributed by atoms with Crippen LogP contribution < -0.4 is 10.1 Å². The first kappa shape index (κ1) is 19.6. The molecule has 146 valence electrons. The summed E-state index contributed by atoms with van der Waals surface area (Å²) in [5.41, 5.74) is 2.47. The zero-order valence-corrected chi connectivity index (χ0v) is 16.7. The molecule has 1 aliphatic heterocycles. The zero-order chi connectivity index (χ0) is 20.3. The number of carbonyl (C=O) groups excluding carboxylic acids is 2. The fraction of sp³-hybridized carbons (Fsp3) is 0.318. The van der Waals surface area contributed by atoms with E-state index in [0.717, 1.165) is 5.56 Å². The molecule has 0 saturated carbocycles. The fourth-order valence-electron chi connectivity index (χ4n) is 3.07. The van der Waals surface area contributed by atoms with Crippen molar-refractivity contribution in [1.82, 2.24) is 10.2 Å². The highest BCUT2D eigenvalue weighted by molar-refractivity contribution is 6.47. The maximum atomic E-state index is 12.9. The summed E-state index contributed by atoms with van der Waals surface area (Å²) in [5, 5.41) is 2.87. The number of hydrogen-bond donors (Lipinski definition) is 1. The molecule has 3 rings (SSSR count). The maximum absolute atomic E-state index is 12.9. The van der Waals surface area contributed by atoms with Crippen LogP contribution in [0.2, 0.25) is 0 Å². The highest BCUT2D eigenvalue weighted by Crippen LogP contribution is 2.26. The highest BCUT2D eigenvalue weighted by Gasteiger charge is 2.41. The van der Waals surface area contributed by atoms with E-state index < -0.39 is 5.66 Å². The number of aliphatic imine (C=N–C) groups is 1. The number of nitrogens with zero attached hydrogens (tertiary/aromatic N) is 2. The van der Waals surface area contributed by atoms with Gasteiger partial charge in [-0.05, 0) is 50.6 Å². The molecule has 6 heteroatoms. The van der Waals surface area contributed by atoms with Crippen molar-refractivity contribution < 1.29 is 14.3 Å². The summed E-state index contributed by atoms with van der Waals surface area (Å²) in [6.07, 6.45) is 0. The van der Waals surface area contributed by atoms with E-state index in [1.54, 1.807) is 31.4 Å². The minimum Gasteiger partial charge on any atom is -0.497 e. The topological polar surface area (TPSA) is 71.0 Å². The summed E-state index contributed by atoms with van der Waals surface area (Å²) < 4.78 is 5.16. The van der Waals surface area contributed by atoms with Crippen molar-refractivity contribution in [3.8, 4) is 5.75 Å². The van der Waals surface area contributed by atoms with Crippen LogP contribution in [0.1, 0.15) is 30.5 Å². The Morgan fingerprint density at radius 1 is 1.11 bits per heavy atom. The molecule has 28 heavy (non-hydrogen) atoms. The van der Waals surface area contributed by atoms with Gasteiger partial charge in [0.1, 0.15) is 23.7 Å². The predicted molar refractivity (Wildman–Crippen MR) is 108 cm³/mol. The minimum absolute atomic E-state index is 0.0408. The van der Waals surface area contributed by atoms with E-state index in [1.807, 2.05) is 45.0 Å². The number of rotatable bonds is 6. The molecule has 0 fully saturated rings. The van der Waals surface area contributed by atoms with Crippen LogP contribution in [0, 0.1) is 6.92 Å². The minimum atomic E-state index is -0.784. The third kappa shape index (κ3) is 4.22. The first-order valence-electron chi connectivity index (χ1n) is 9.18. The molecule has 2 amide bonds. The third-order valence-electron chi connectivity index (χ3n) is 4.77. The Balaban J connectivity index is 1.66. The molecule has 0 spiro atoms. The van der Waals surface area contributed by atoms with Crippen LogP contribution in [0.5, 0.6) is 5.75 Å². The van der Waals surface area contributed by atoms with Gasteiger partial charge in [0.2, 0.25) is 5.91 Å². The van der Waals surface area contributed by atoms with E-state index >= 15 is 0 Å². The lowest BCUT2D eigenvalue weighted by molar-refractivity contribution is -0.134. The van der Waals surface area contributed by atoms with Crippen molar-refractivity contribution in [2.75, 3.05) is 13.7 Å². The summed E-state index contributed by atoms with van der Waals surface area (Å²) in [6, 6.07) is 15.1. The van der Waals surface area contributed by atoms with Crippen LogP contribution >= 0.6 is 0 Å². The lowest BCUT2D eigenvalue weighted by Gasteiger charge is -2.28. The quantitative estimate of drug-likeness (QED) is 0.839. The Labute approximate surface area is 165 Å². The first-order chi connectivity index (χ1) is 13.3. The Morgan fingerprint density at radius 3 is 2.36 bits per heavy atom. The van der Waals surface area contributed by atoms with E-state index in [2.05, 4.69) is 10.3 Å². The van der Waals surface area contributed by atoms with Crippen molar-refractivity contribution in [1.29, 1.82) is 0 Å². The normalized spacial score (nSPS) is 15.4. The second kappa shape index (κ2) is 7.84. The van der Waals surface area contributed by atoms with E-state index in [9.17, 15) is 9.59 Å². The van der Waals surface area contributed by atoms with Crippen LogP contribution in [0.15, 0.2) is 53.5 Å². The maximum Gasteiger partial charge on any atom is 0.275 e. The standard InChI is InChI=1S/C22H25N3O3/c1-15-5-7-16(8-6-15)13-23-19(26)14-25-21(27)20(24-22(25,2)3)17-9-11-18(28-4)12-10-17/h5-12H,13-14H2,1-4H3,(H,23,26). The number of carbonyl (C=O) groups is 2. The number of hydrogen-bond acceptors (Lipinski definition) is 4. The Hall–Kier alpha value is -3.15. The van der Waals surface area contributed by atoms with Crippen LogP contribution in [0.25, 0.3) is 0 Å². The summed E-state index contributed by atoms with van der Waals surface area (Å²) in [7, 11) is 1.59. The lowest BCUT2D eigenvalue weighted by Crippen LogP contribution is -2.48. The van der Waals surface area contributed by atoms with Crippen molar-refractivity contribution in [3.05, 3.63) is 65.2 Å². The molecule has 1 aliphatic rings. The largest absolute Gasteiger partial charge is 0.497 e. The Kier molecular flexibility index (Phi) is 5.49. The van der Waals surface area contributed by atoms with Gasteiger partial charge in [-0.15, -0.1) is 0 Å². The molecule has 2 aromatic carbocycles. The van der Waals surface area contributed by atoms with Gasteiger partial charge in [-0.1, -0.05) is 29.8 Å². The van der Waals surface area contributed by atoms with Gasteiger partial charge in [-0.25, -0.2) is 0 Å². The molecule has 1 N–H and O–H groups in total. The number of nitrogens with one attached hydrogen (secondary N) is 1. The number of aryl methyl sites for hydroxylation is 1. The highest BCUT2D eigenvalue weighted by atomic mass is 16.5. The molecule has 0 radical (unpaired) electrons. The van der Waals surface area contributed by atoms with Gasteiger partial charge in [0, 0.05) is 12.1 Å². The SMILES string of the molecule is COc1ccc(C2=NC(C)(C)N(CC(=O)NCc3ccc(C)cc3)C2=O)cc1. The van der Waals surface area contributed by atoms with E-state index in [-0.39, 0.29) is 18.4 Å². The van der Waals surface area contributed by atoms with Crippen LogP contribution in [-0.2, 0) is 16.1 Å². The van der Waals surface area contributed by atoms with Crippen LogP contribution in [-0.4, -0.2) is 41.7 Å². The molecule has 0 atom stereocenters. The van der Waals surface area contributed by atoms with Gasteiger partial charge in [0.25, 0.3) is 5.91 Å². The van der Waals surface area contributed by atoms with Gasteiger partial charge in [0.05, 0.1) is 7.11 Å². The molecule has 2 aromatic rings. The third-order valence-corrected chi connectivity index (χ3v) is 4.77. The van der Waals surface area contributed by atoms with Crippen molar-refractivity contribution in [2.45, 2.75) is 33.0 Å². The first-order valence-corrected chi connectivity index (χ1v) is 9.18. The molecule has 6 nitrogen and oxygen atoms in total. The van der Waals surface area contributed by atoms with Gasteiger partial charge in [0.15, 0.2) is 0 Å². The molecule has 1 heterocycles. The van der Waals surface area contributed by atoms with Crippen molar-refractivity contribution in [2.24, 2.45) is 4.99 Å². The molecule has 0 unspecified atom stereocenters. The smallest absolute Gasteiger partial charge is 0.275 e. The molecule has 0 saturated heterocycles. The molecule has 0 aliphatic carbocycles. The summed E-state index contributed by atoms with van der Waals surface area (Å²) in [4.78, 5) is 31.4. The van der Waals surface area contributed by atoms with Gasteiger partial charge in [-0.3, -0.25) is 14.6 Å². The second-order valence-electron chi connectivity index (χ2n) is 7.34. The fourth-order valence-corrected chi connectivity index (χ4v) is 3.07. The van der Waals surface area contributed by atoms with Crippen molar-refractivity contribution >= 4 is 17.5 Å². The second-order valence-corrected chi connectivity index (χ2v) is 7.34. The molecular weight excluding hydrogens is 354 g/mol. The predicted octanol–water partition coefficient (Wildman–Crippen LogP) is 2.69. The summed E-state index contributed by atoms with van der Waals surface area (Å²) >= 11 is 0. The van der Waals surface area contributed by atoms with Gasteiger partial charge >= 0.3 is 0 Å². The van der Waals surface area contributed by atoms with E-state index in [1.165, 1.54) is 10.5 Å². The van der Waals surface area contributed by atoms with E-state index in [4.69, 9.17) is 4.74 Å². The number of ether oxygens (including phenoxy) is 1. The molecular formula is C22H25N3O3. The summed E-state index contributed by atoms with van der Waals surface area (Å²) in [6.45, 7) is 6.06. The Bertz CT molecular complexity index is 900.